The van der Waals surface area contributed by atoms with Crippen LogP contribution in [0.1, 0.15) is 30.3 Å². The fourth-order valence-corrected chi connectivity index (χ4v) is 4.48. The molecule has 8 nitrogen and oxygen atoms in total. The van der Waals surface area contributed by atoms with Gasteiger partial charge in [0, 0.05) is 28.7 Å². The Hall–Kier alpha value is -3.33. The van der Waals surface area contributed by atoms with Crippen molar-refractivity contribution in [2.75, 3.05) is 6.61 Å². The summed E-state index contributed by atoms with van der Waals surface area (Å²) in [6.07, 6.45) is 3.49. The lowest BCUT2D eigenvalue weighted by atomic mass is 9.91. The Morgan fingerprint density at radius 1 is 1.35 bits per heavy atom. The number of nitro groups is 1. The van der Waals surface area contributed by atoms with Crippen molar-refractivity contribution in [3.05, 3.63) is 69.0 Å². The van der Waals surface area contributed by atoms with Gasteiger partial charge in [-0.25, -0.2) is 4.98 Å². The number of nitrogens with zero attached hydrogens (tertiary/aromatic N) is 3. The van der Waals surface area contributed by atoms with Crippen molar-refractivity contribution < 1.29 is 14.5 Å². The zero-order valence-electron chi connectivity index (χ0n) is 17.0. The average molecular weight is 439 g/mol. The number of nitrogens with one attached hydrogen (secondary N) is 1. The van der Waals surface area contributed by atoms with Crippen LogP contribution in [0.2, 0.25) is 0 Å². The standard InChI is InChI=1S/C22H22N4O4S/c1-2-30-19-6-3-14(4-7-19)22-25-17(13-31-22)11-21(27)24-16-5-8-20-15(9-16)10-18(12-23-20)26(28)29/h3-4,6-7,10,12-13,16H,2,5,8-9,11H2,1H3,(H,24,27)/t16-/m1/s1. The maximum atomic E-state index is 12.5. The Labute approximate surface area is 183 Å². The van der Waals surface area contributed by atoms with Gasteiger partial charge in [0.05, 0.1) is 23.6 Å². The topological polar surface area (TPSA) is 107 Å². The molecule has 0 unspecified atom stereocenters. The molecular formula is C22H22N4O4S. The number of carbonyl (C=O) groups is 1. The smallest absolute Gasteiger partial charge is 0.287 e. The molecule has 0 bridgehead atoms. The molecule has 160 valence electrons. The number of aromatic nitrogens is 2. The summed E-state index contributed by atoms with van der Waals surface area (Å²) in [6.45, 7) is 2.56. The number of carbonyl (C=O) groups excluding carboxylic acids is 1. The number of ether oxygens (including phenoxy) is 1. The van der Waals surface area contributed by atoms with Crippen molar-refractivity contribution in [3.63, 3.8) is 0 Å². The Bertz CT molecular complexity index is 1100. The van der Waals surface area contributed by atoms with E-state index >= 15 is 0 Å². The summed E-state index contributed by atoms with van der Waals surface area (Å²) in [5, 5.41) is 16.8. The minimum Gasteiger partial charge on any atom is -0.494 e. The van der Waals surface area contributed by atoms with Gasteiger partial charge in [-0.05, 0) is 56.0 Å². The van der Waals surface area contributed by atoms with Crippen LogP contribution in [0.5, 0.6) is 5.75 Å². The third kappa shape index (κ3) is 5.05. The van der Waals surface area contributed by atoms with Gasteiger partial charge in [-0.3, -0.25) is 19.9 Å². The second-order valence-electron chi connectivity index (χ2n) is 7.34. The molecule has 1 atom stereocenters. The van der Waals surface area contributed by atoms with E-state index in [-0.39, 0.29) is 24.1 Å². The van der Waals surface area contributed by atoms with Crippen molar-refractivity contribution in [1.29, 1.82) is 0 Å². The molecule has 1 aromatic carbocycles. The van der Waals surface area contributed by atoms with Gasteiger partial charge >= 0.3 is 0 Å². The highest BCUT2D eigenvalue weighted by Gasteiger charge is 2.23. The first kappa shape index (κ1) is 20.9. The minimum atomic E-state index is -0.445. The first-order chi connectivity index (χ1) is 15.0. The van der Waals surface area contributed by atoms with Crippen LogP contribution >= 0.6 is 11.3 Å². The number of hydrogen-bond acceptors (Lipinski definition) is 7. The van der Waals surface area contributed by atoms with Gasteiger partial charge in [0.15, 0.2) is 0 Å². The van der Waals surface area contributed by atoms with Crippen LogP contribution in [-0.2, 0) is 24.1 Å². The maximum Gasteiger partial charge on any atom is 0.287 e. The molecule has 31 heavy (non-hydrogen) atoms. The SMILES string of the molecule is CCOc1ccc(-c2nc(CC(=O)N[C@@H]3CCc4ncc([N+](=O)[O-])cc4C3)cs2)cc1. The molecule has 3 aromatic rings. The lowest BCUT2D eigenvalue weighted by Gasteiger charge is -2.24. The molecule has 2 aromatic heterocycles. The predicted octanol–water partition coefficient (Wildman–Crippen LogP) is 3.73. The number of aryl methyl sites for hydroxylation is 1. The van der Waals surface area contributed by atoms with Crippen LogP contribution in [0.25, 0.3) is 10.6 Å². The highest BCUT2D eigenvalue weighted by atomic mass is 32.1. The quantitative estimate of drug-likeness (QED) is 0.445. The molecule has 1 amide bonds. The van der Waals surface area contributed by atoms with Crippen molar-refractivity contribution >= 4 is 22.9 Å². The zero-order valence-corrected chi connectivity index (χ0v) is 17.9. The molecule has 1 N–H and O–H groups in total. The van der Waals surface area contributed by atoms with Gasteiger partial charge < -0.3 is 10.1 Å². The molecule has 0 saturated carbocycles. The lowest BCUT2D eigenvalue weighted by Crippen LogP contribution is -2.39. The summed E-state index contributed by atoms with van der Waals surface area (Å²) >= 11 is 1.50. The number of hydrogen-bond donors (Lipinski definition) is 1. The average Bonchev–Trinajstić information content (AvgIpc) is 3.22. The van der Waals surface area contributed by atoms with E-state index in [1.807, 2.05) is 36.6 Å². The number of amides is 1. The van der Waals surface area contributed by atoms with Crippen LogP contribution in [0.3, 0.4) is 0 Å². The summed E-state index contributed by atoms with van der Waals surface area (Å²) in [5.41, 5.74) is 3.39. The van der Waals surface area contributed by atoms with Gasteiger partial charge in [0.2, 0.25) is 5.91 Å². The Morgan fingerprint density at radius 2 is 2.16 bits per heavy atom. The number of rotatable bonds is 7. The molecular weight excluding hydrogens is 416 g/mol. The van der Waals surface area contributed by atoms with E-state index in [1.165, 1.54) is 17.5 Å². The molecule has 0 aliphatic heterocycles. The van der Waals surface area contributed by atoms with E-state index in [9.17, 15) is 14.9 Å². The third-order valence-corrected chi connectivity index (χ3v) is 6.06. The molecule has 9 heteroatoms. The minimum absolute atomic E-state index is 0.0185. The Morgan fingerprint density at radius 3 is 2.90 bits per heavy atom. The normalized spacial score (nSPS) is 15.2. The molecule has 4 rings (SSSR count). The number of fused-ring (bicyclic) bond motifs is 1. The van der Waals surface area contributed by atoms with Gasteiger partial charge in [-0.2, -0.15) is 0 Å². The number of thiazole rings is 1. The molecule has 0 radical (unpaired) electrons. The van der Waals surface area contributed by atoms with E-state index in [0.29, 0.717) is 19.4 Å². The summed E-state index contributed by atoms with van der Waals surface area (Å²) in [4.78, 5) is 31.9. The van der Waals surface area contributed by atoms with E-state index in [0.717, 1.165) is 39.7 Å². The number of benzene rings is 1. The molecule has 1 aliphatic rings. The molecule has 0 fully saturated rings. The third-order valence-electron chi connectivity index (χ3n) is 5.12. The summed E-state index contributed by atoms with van der Waals surface area (Å²) in [5.74, 6) is 0.715. The van der Waals surface area contributed by atoms with Gasteiger partial charge in [0.1, 0.15) is 17.0 Å². The summed E-state index contributed by atoms with van der Waals surface area (Å²) < 4.78 is 5.46. The second kappa shape index (κ2) is 9.22. The largest absolute Gasteiger partial charge is 0.494 e. The molecule has 1 aliphatic carbocycles. The molecule has 0 spiro atoms. The maximum absolute atomic E-state index is 12.5. The van der Waals surface area contributed by atoms with Crippen LogP contribution in [-0.4, -0.2) is 33.4 Å². The van der Waals surface area contributed by atoms with E-state index in [2.05, 4.69) is 15.3 Å². The zero-order chi connectivity index (χ0) is 21.8. The Balaban J connectivity index is 1.35. The number of pyridine rings is 1. The summed E-state index contributed by atoms with van der Waals surface area (Å²) in [6, 6.07) is 9.23. The van der Waals surface area contributed by atoms with Crippen LogP contribution in [0, 0.1) is 10.1 Å². The molecule has 0 saturated heterocycles. The fourth-order valence-electron chi connectivity index (χ4n) is 3.65. The highest BCUT2D eigenvalue weighted by molar-refractivity contribution is 7.13. The first-order valence-corrected chi connectivity index (χ1v) is 11.0. The van der Waals surface area contributed by atoms with Crippen molar-refractivity contribution in [1.82, 2.24) is 15.3 Å². The van der Waals surface area contributed by atoms with Crippen LogP contribution in [0.15, 0.2) is 41.9 Å². The van der Waals surface area contributed by atoms with E-state index < -0.39 is 4.92 Å². The van der Waals surface area contributed by atoms with Gasteiger partial charge in [0.25, 0.3) is 5.69 Å². The van der Waals surface area contributed by atoms with Crippen LogP contribution < -0.4 is 10.1 Å². The lowest BCUT2D eigenvalue weighted by molar-refractivity contribution is -0.385. The van der Waals surface area contributed by atoms with Crippen molar-refractivity contribution in [2.24, 2.45) is 0 Å². The van der Waals surface area contributed by atoms with Crippen molar-refractivity contribution in [3.8, 4) is 16.3 Å². The highest BCUT2D eigenvalue weighted by Crippen LogP contribution is 2.26. The van der Waals surface area contributed by atoms with E-state index in [1.54, 1.807) is 6.07 Å². The second-order valence-corrected chi connectivity index (χ2v) is 8.20. The van der Waals surface area contributed by atoms with Crippen molar-refractivity contribution in [2.45, 2.75) is 38.6 Å². The predicted molar refractivity (Wildman–Crippen MR) is 117 cm³/mol. The Kier molecular flexibility index (Phi) is 6.22. The molecule has 2 heterocycles. The monoisotopic (exact) mass is 438 g/mol. The van der Waals surface area contributed by atoms with Crippen LogP contribution in [0.4, 0.5) is 5.69 Å². The van der Waals surface area contributed by atoms with Gasteiger partial charge in [-0.15, -0.1) is 11.3 Å². The fraction of sp³-hybridized carbons (Fsp3) is 0.318. The van der Waals surface area contributed by atoms with E-state index in [4.69, 9.17) is 4.74 Å². The first-order valence-electron chi connectivity index (χ1n) is 10.1. The van der Waals surface area contributed by atoms with Gasteiger partial charge in [-0.1, -0.05) is 0 Å². The summed E-state index contributed by atoms with van der Waals surface area (Å²) in [7, 11) is 0.